The summed E-state index contributed by atoms with van der Waals surface area (Å²) in [7, 11) is 0. The molecule has 4 fully saturated rings. The van der Waals surface area contributed by atoms with Crippen LogP contribution in [0.4, 0.5) is 19.0 Å². The molecule has 6 nitrogen and oxygen atoms in total. The van der Waals surface area contributed by atoms with E-state index in [-0.39, 0.29) is 17.3 Å². The number of rotatable bonds is 8. The predicted molar refractivity (Wildman–Crippen MR) is 153 cm³/mol. The summed E-state index contributed by atoms with van der Waals surface area (Å²) in [5.74, 6) is 3.89. The minimum atomic E-state index is -4.42. The molecule has 1 atom stereocenters. The lowest BCUT2D eigenvalue weighted by molar-refractivity contribution is -0.137. The zero-order valence-corrected chi connectivity index (χ0v) is 23.6. The highest BCUT2D eigenvalue weighted by molar-refractivity contribution is 5.47. The molecule has 1 unspecified atom stereocenters. The van der Waals surface area contributed by atoms with Crippen LogP contribution in [0.15, 0.2) is 54.9 Å². The molecule has 0 amide bonds. The van der Waals surface area contributed by atoms with E-state index in [2.05, 4.69) is 20.2 Å². The van der Waals surface area contributed by atoms with Crippen molar-refractivity contribution in [2.24, 2.45) is 23.2 Å². The minimum Gasteiger partial charge on any atom is -0.457 e. The molecular weight excluding hydrogens is 541 g/mol. The van der Waals surface area contributed by atoms with Crippen LogP contribution in [0.5, 0.6) is 11.5 Å². The largest absolute Gasteiger partial charge is 0.457 e. The van der Waals surface area contributed by atoms with Crippen LogP contribution in [0.1, 0.15) is 60.9 Å². The van der Waals surface area contributed by atoms with Gasteiger partial charge < -0.3 is 15.2 Å². The van der Waals surface area contributed by atoms with Gasteiger partial charge in [-0.25, -0.2) is 9.97 Å². The Balaban J connectivity index is 0.977. The average molecular weight is 579 g/mol. The monoisotopic (exact) mass is 578 g/mol. The Hall–Kier alpha value is -3.17. The van der Waals surface area contributed by atoms with Gasteiger partial charge in [0.2, 0.25) is 0 Å². The van der Waals surface area contributed by atoms with Crippen LogP contribution >= 0.6 is 0 Å². The van der Waals surface area contributed by atoms with Gasteiger partial charge in [0, 0.05) is 31.7 Å². The Kier molecular flexibility index (Phi) is 7.13. The third kappa shape index (κ3) is 5.61. The summed E-state index contributed by atoms with van der Waals surface area (Å²) in [4.78, 5) is 11.4. The van der Waals surface area contributed by atoms with Crippen LogP contribution < -0.4 is 10.1 Å². The standard InChI is InChI=1S/C33H37F3N4O2/c34-33(35,36)25-4-2-6-27(13-25)42-26-5-1-3-21(12-26)18-40-8-7-28-29(19-40)38-20-39-31(28)37-17-30(41)32-14-22-9-23(15-32)11-24(10-22)16-32/h1-6,12-13,20,22-24,30,41H,7-11,14-19H2,(H,37,38,39). The van der Waals surface area contributed by atoms with Crippen LogP contribution in [0.2, 0.25) is 0 Å². The first kappa shape index (κ1) is 27.7. The first-order valence-corrected chi connectivity index (χ1v) is 15.1. The first-order chi connectivity index (χ1) is 20.2. The molecule has 1 aromatic heterocycles. The Morgan fingerprint density at radius 1 is 0.976 bits per heavy atom. The van der Waals surface area contributed by atoms with Crippen LogP contribution in [0, 0.1) is 23.2 Å². The maximum atomic E-state index is 13.1. The molecule has 0 radical (unpaired) electrons. The van der Waals surface area contributed by atoms with E-state index < -0.39 is 11.7 Å². The predicted octanol–water partition coefficient (Wildman–Crippen LogP) is 6.84. The zero-order chi connectivity index (χ0) is 28.9. The number of hydrogen-bond donors (Lipinski definition) is 2. The molecular formula is C33H37F3N4O2. The number of alkyl halides is 3. The van der Waals surface area contributed by atoms with Gasteiger partial charge in [0.15, 0.2) is 0 Å². The maximum absolute atomic E-state index is 13.1. The molecule has 1 aliphatic heterocycles. The number of fused-ring (bicyclic) bond motifs is 1. The molecule has 0 spiro atoms. The number of hydrogen-bond acceptors (Lipinski definition) is 6. The quantitative estimate of drug-likeness (QED) is 0.305. The van der Waals surface area contributed by atoms with Gasteiger partial charge in [-0.15, -0.1) is 0 Å². The van der Waals surface area contributed by atoms with E-state index in [1.54, 1.807) is 12.4 Å². The highest BCUT2D eigenvalue weighted by Gasteiger charge is 2.53. The molecule has 42 heavy (non-hydrogen) atoms. The fraction of sp³-hybridized carbons (Fsp3) is 0.515. The number of anilines is 1. The second kappa shape index (κ2) is 10.8. The minimum absolute atomic E-state index is 0.0744. The van der Waals surface area contributed by atoms with E-state index in [0.29, 0.717) is 25.4 Å². The van der Waals surface area contributed by atoms with Crippen molar-refractivity contribution in [3.8, 4) is 11.5 Å². The second-order valence-electron chi connectivity index (χ2n) is 13.1. The van der Waals surface area contributed by atoms with Gasteiger partial charge in [0.05, 0.1) is 17.4 Å². The Labute approximate surface area is 244 Å². The number of halogens is 3. The summed E-state index contributed by atoms with van der Waals surface area (Å²) in [6, 6.07) is 12.4. The number of aromatic nitrogens is 2. The topological polar surface area (TPSA) is 70.5 Å². The third-order valence-corrected chi connectivity index (χ3v) is 10.0. The van der Waals surface area contributed by atoms with Gasteiger partial charge in [0.25, 0.3) is 0 Å². The van der Waals surface area contributed by atoms with E-state index in [1.807, 2.05) is 18.2 Å². The maximum Gasteiger partial charge on any atom is 0.416 e. The Bertz CT molecular complexity index is 1410. The van der Waals surface area contributed by atoms with E-state index in [9.17, 15) is 18.3 Å². The highest BCUT2D eigenvalue weighted by Crippen LogP contribution is 2.61. The summed E-state index contributed by atoms with van der Waals surface area (Å²) in [6.45, 7) is 2.68. The van der Waals surface area contributed by atoms with Crippen LogP contribution in [0.3, 0.4) is 0 Å². The molecule has 4 aliphatic carbocycles. The smallest absolute Gasteiger partial charge is 0.416 e. The number of benzene rings is 2. The average Bonchev–Trinajstić information content (AvgIpc) is 2.95. The van der Waals surface area contributed by atoms with E-state index >= 15 is 0 Å². The normalized spacial score (nSPS) is 27.5. The molecule has 8 rings (SSSR count). The lowest BCUT2D eigenvalue weighted by atomic mass is 9.48. The fourth-order valence-electron chi connectivity index (χ4n) is 8.53. The van der Waals surface area contributed by atoms with Crippen molar-refractivity contribution in [1.29, 1.82) is 0 Å². The molecule has 2 aromatic carbocycles. The number of nitrogens with one attached hydrogen (secondary N) is 1. The molecule has 222 valence electrons. The van der Waals surface area contributed by atoms with Crippen molar-refractivity contribution in [2.45, 2.75) is 70.3 Å². The summed E-state index contributed by atoms with van der Waals surface area (Å²) in [5, 5.41) is 14.9. The van der Waals surface area contributed by atoms with Crippen LogP contribution in [-0.2, 0) is 25.7 Å². The van der Waals surface area contributed by atoms with Gasteiger partial charge in [-0.2, -0.15) is 13.2 Å². The van der Waals surface area contributed by atoms with Crippen molar-refractivity contribution in [1.82, 2.24) is 14.9 Å². The Morgan fingerprint density at radius 3 is 2.38 bits per heavy atom. The fourth-order valence-corrected chi connectivity index (χ4v) is 8.53. The molecule has 9 heteroatoms. The molecule has 5 aliphatic rings. The SMILES string of the molecule is OC(CNc1ncnc2c1CCN(Cc1cccc(Oc3cccc(C(F)(F)F)c3)c1)C2)C12CC3CC(CC(C3)C1)C2. The van der Waals surface area contributed by atoms with E-state index in [1.165, 1.54) is 50.7 Å². The number of aliphatic hydroxyl groups excluding tert-OH is 1. The van der Waals surface area contributed by atoms with Crippen molar-refractivity contribution in [3.63, 3.8) is 0 Å². The van der Waals surface area contributed by atoms with Crippen molar-refractivity contribution in [2.75, 3.05) is 18.4 Å². The molecule has 3 aromatic rings. The first-order valence-electron chi connectivity index (χ1n) is 15.1. The van der Waals surface area contributed by atoms with E-state index in [4.69, 9.17) is 4.74 Å². The van der Waals surface area contributed by atoms with E-state index in [0.717, 1.165) is 65.5 Å². The van der Waals surface area contributed by atoms with Crippen LogP contribution in [0.25, 0.3) is 0 Å². The highest BCUT2D eigenvalue weighted by atomic mass is 19.4. The number of nitrogens with zero attached hydrogens (tertiary/aromatic N) is 3. The van der Waals surface area contributed by atoms with Gasteiger partial charge in [0.1, 0.15) is 23.6 Å². The van der Waals surface area contributed by atoms with Gasteiger partial charge in [-0.3, -0.25) is 4.90 Å². The molecule has 4 saturated carbocycles. The van der Waals surface area contributed by atoms with Gasteiger partial charge in [-0.1, -0.05) is 18.2 Å². The second-order valence-corrected chi connectivity index (χ2v) is 13.1. The zero-order valence-electron chi connectivity index (χ0n) is 23.6. The molecule has 2 heterocycles. The Morgan fingerprint density at radius 2 is 1.67 bits per heavy atom. The molecule has 2 N–H and O–H groups in total. The molecule has 0 saturated heterocycles. The molecule has 4 bridgehead atoms. The van der Waals surface area contributed by atoms with Gasteiger partial charge >= 0.3 is 6.18 Å². The summed E-state index contributed by atoms with van der Waals surface area (Å²) < 4.78 is 45.0. The summed E-state index contributed by atoms with van der Waals surface area (Å²) >= 11 is 0. The lowest BCUT2D eigenvalue weighted by Gasteiger charge is -2.58. The van der Waals surface area contributed by atoms with Crippen molar-refractivity contribution in [3.05, 3.63) is 77.2 Å². The number of ether oxygens (including phenoxy) is 1. The summed E-state index contributed by atoms with van der Waals surface area (Å²) in [5.41, 5.74) is 2.45. The van der Waals surface area contributed by atoms with Crippen molar-refractivity contribution < 1.29 is 23.0 Å². The number of aliphatic hydroxyl groups is 1. The third-order valence-electron chi connectivity index (χ3n) is 10.0. The summed E-state index contributed by atoms with van der Waals surface area (Å²) in [6.07, 6.45) is 5.23. The lowest BCUT2D eigenvalue weighted by Crippen LogP contribution is -2.53. The van der Waals surface area contributed by atoms with Crippen molar-refractivity contribution >= 4 is 5.82 Å². The van der Waals surface area contributed by atoms with Gasteiger partial charge in [-0.05, 0) is 104 Å². The van der Waals surface area contributed by atoms with Crippen LogP contribution in [-0.4, -0.2) is 39.2 Å².